The van der Waals surface area contributed by atoms with Crippen molar-refractivity contribution >= 4 is 21.8 Å². The van der Waals surface area contributed by atoms with Gasteiger partial charge in [0.15, 0.2) is 6.29 Å². The summed E-state index contributed by atoms with van der Waals surface area (Å²) in [6.07, 6.45) is 2.38. The van der Waals surface area contributed by atoms with E-state index < -0.39 is 12.2 Å². The van der Waals surface area contributed by atoms with Crippen molar-refractivity contribution in [3.8, 4) is 5.75 Å². The highest BCUT2D eigenvalue weighted by atomic mass is 79.9. The highest BCUT2D eigenvalue weighted by molar-refractivity contribution is 9.10. The maximum Gasteiger partial charge on any atom is 0.278 e. The van der Waals surface area contributed by atoms with Gasteiger partial charge in [-0.15, -0.1) is 0 Å². The van der Waals surface area contributed by atoms with E-state index >= 15 is 0 Å². The topological polar surface area (TPSA) is 67.8 Å². The molecular weight excluding hydrogens is 302 g/mol. The van der Waals surface area contributed by atoms with E-state index in [2.05, 4.69) is 21.4 Å². The van der Waals surface area contributed by atoms with E-state index in [-0.39, 0.29) is 11.3 Å². The lowest BCUT2D eigenvalue weighted by Gasteiger charge is -2.22. The maximum atomic E-state index is 11.8. The van der Waals surface area contributed by atoms with Crippen LogP contribution in [0.2, 0.25) is 0 Å². The second kappa shape index (κ2) is 6.17. The molecule has 18 heavy (non-hydrogen) atoms. The van der Waals surface area contributed by atoms with Crippen LogP contribution in [0, 0.1) is 0 Å². The van der Waals surface area contributed by atoms with Crippen molar-refractivity contribution in [1.82, 2.24) is 5.48 Å². The maximum absolute atomic E-state index is 11.8. The quantitative estimate of drug-likeness (QED) is 0.840. The van der Waals surface area contributed by atoms with Crippen LogP contribution < -0.4 is 5.48 Å². The molecule has 1 amide bonds. The lowest BCUT2D eigenvalue weighted by molar-refractivity contribution is -0.186. The van der Waals surface area contributed by atoms with Gasteiger partial charge in [0.05, 0.1) is 5.56 Å². The molecule has 0 bridgehead atoms. The van der Waals surface area contributed by atoms with Crippen LogP contribution in [0.5, 0.6) is 5.75 Å². The number of rotatable bonds is 3. The summed E-state index contributed by atoms with van der Waals surface area (Å²) >= 11 is 3.24. The number of phenols is 1. The zero-order valence-corrected chi connectivity index (χ0v) is 11.3. The first-order valence-electron chi connectivity index (χ1n) is 5.73. The van der Waals surface area contributed by atoms with Crippen LogP contribution >= 0.6 is 15.9 Å². The molecule has 2 N–H and O–H groups in total. The number of halogens is 1. The average Bonchev–Trinajstić information content (AvgIpc) is 2.40. The van der Waals surface area contributed by atoms with Gasteiger partial charge in [-0.05, 0) is 31.0 Å². The zero-order valence-electron chi connectivity index (χ0n) is 9.69. The lowest BCUT2D eigenvalue weighted by Crippen LogP contribution is -2.33. The van der Waals surface area contributed by atoms with Crippen LogP contribution in [0.1, 0.15) is 29.6 Å². The second-order valence-corrected chi connectivity index (χ2v) is 4.92. The Hall–Kier alpha value is -1.11. The molecule has 1 aromatic rings. The van der Waals surface area contributed by atoms with Gasteiger partial charge in [0.2, 0.25) is 0 Å². The van der Waals surface area contributed by atoms with Crippen LogP contribution in [0.25, 0.3) is 0 Å². The molecule has 0 saturated carbocycles. The number of ether oxygens (including phenoxy) is 1. The van der Waals surface area contributed by atoms with Crippen molar-refractivity contribution in [1.29, 1.82) is 0 Å². The molecule has 1 aliphatic rings. The molecule has 1 heterocycles. The normalized spacial score (nSPS) is 19.5. The molecule has 1 atom stereocenters. The van der Waals surface area contributed by atoms with Gasteiger partial charge in [0.25, 0.3) is 5.91 Å². The van der Waals surface area contributed by atoms with E-state index in [4.69, 9.17) is 9.57 Å². The molecule has 0 radical (unpaired) electrons. The highest BCUT2D eigenvalue weighted by Crippen LogP contribution is 2.22. The van der Waals surface area contributed by atoms with E-state index in [1.54, 1.807) is 6.07 Å². The Bertz CT molecular complexity index is 432. The summed E-state index contributed by atoms with van der Waals surface area (Å²) in [7, 11) is 0. The Morgan fingerprint density at radius 3 is 3.06 bits per heavy atom. The molecule has 6 heteroatoms. The first kappa shape index (κ1) is 13.3. The van der Waals surface area contributed by atoms with Gasteiger partial charge in [-0.25, -0.2) is 10.3 Å². The molecule has 1 aromatic carbocycles. The van der Waals surface area contributed by atoms with E-state index in [0.29, 0.717) is 11.1 Å². The minimum atomic E-state index is -0.497. The van der Waals surface area contributed by atoms with Crippen molar-refractivity contribution in [2.45, 2.75) is 25.6 Å². The lowest BCUT2D eigenvalue weighted by atomic mass is 10.2. The standard InChI is InChI=1S/C12H14BrNO4/c13-8-4-5-10(15)9(7-8)12(16)14-18-11-3-1-2-6-17-11/h4-5,7,11,15H,1-3,6H2,(H,14,16)/t11-/m1/s1. The zero-order chi connectivity index (χ0) is 13.0. The fraction of sp³-hybridized carbons (Fsp3) is 0.417. The van der Waals surface area contributed by atoms with Gasteiger partial charge < -0.3 is 9.84 Å². The van der Waals surface area contributed by atoms with Crippen molar-refractivity contribution in [3.63, 3.8) is 0 Å². The predicted octanol–water partition coefficient (Wildman–Crippen LogP) is 2.34. The molecule has 0 aliphatic carbocycles. The first-order chi connectivity index (χ1) is 8.66. The number of phenolic OH excluding ortho intramolecular Hbond substituents is 1. The third-order valence-electron chi connectivity index (χ3n) is 2.62. The number of hydrogen-bond acceptors (Lipinski definition) is 4. The largest absolute Gasteiger partial charge is 0.507 e. The first-order valence-corrected chi connectivity index (χ1v) is 6.52. The fourth-order valence-electron chi connectivity index (χ4n) is 1.67. The van der Waals surface area contributed by atoms with E-state index in [0.717, 1.165) is 19.3 Å². The van der Waals surface area contributed by atoms with Crippen LogP contribution in [0.3, 0.4) is 0 Å². The summed E-state index contributed by atoms with van der Waals surface area (Å²) < 4.78 is 6.02. The minimum absolute atomic E-state index is 0.0936. The van der Waals surface area contributed by atoms with Gasteiger partial charge in [-0.2, -0.15) is 0 Å². The Morgan fingerprint density at radius 2 is 2.33 bits per heavy atom. The highest BCUT2D eigenvalue weighted by Gasteiger charge is 2.17. The minimum Gasteiger partial charge on any atom is -0.507 e. The van der Waals surface area contributed by atoms with Crippen LogP contribution in [0.4, 0.5) is 0 Å². The number of nitrogens with one attached hydrogen (secondary N) is 1. The Labute approximate surface area is 113 Å². The fourth-order valence-corrected chi connectivity index (χ4v) is 2.03. The molecule has 98 valence electrons. The van der Waals surface area contributed by atoms with Gasteiger partial charge in [0.1, 0.15) is 5.75 Å². The van der Waals surface area contributed by atoms with E-state index in [1.807, 2.05) is 0 Å². The molecule has 1 aliphatic heterocycles. The average molecular weight is 316 g/mol. The number of carbonyl (C=O) groups excluding carboxylic acids is 1. The Kier molecular flexibility index (Phi) is 4.57. The summed E-state index contributed by atoms with van der Waals surface area (Å²) in [5.74, 6) is -0.591. The third kappa shape index (κ3) is 3.44. The van der Waals surface area contributed by atoms with Gasteiger partial charge in [-0.1, -0.05) is 15.9 Å². The summed E-state index contributed by atoms with van der Waals surface area (Å²) in [4.78, 5) is 16.9. The van der Waals surface area contributed by atoms with Crippen LogP contribution in [0.15, 0.2) is 22.7 Å². The second-order valence-electron chi connectivity index (χ2n) is 4.01. The van der Waals surface area contributed by atoms with Gasteiger partial charge in [0, 0.05) is 17.5 Å². The van der Waals surface area contributed by atoms with Crippen LogP contribution in [-0.2, 0) is 9.57 Å². The SMILES string of the molecule is O=C(NO[C@@H]1CCCCO1)c1cc(Br)ccc1O. The van der Waals surface area contributed by atoms with Gasteiger partial charge in [-0.3, -0.25) is 4.79 Å². The summed E-state index contributed by atoms with van der Waals surface area (Å²) in [6.45, 7) is 0.642. The smallest absolute Gasteiger partial charge is 0.278 e. The molecule has 2 rings (SSSR count). The monoisotopic (exact) mass is 315 g/mol. The number of aromatic hydroxyl groups is 1. The van der Waals surface area contributed by atoms with Crippen molar-refractivity contribution < 1.29 is 19.5 Å². The van der Waals surface area contributed by atoms with E-state index in [1.165, 1.54) is 12.1 Å². The Balaban J connectivity index is 1.92. The Morgan fingerprint density at radius 1 is 1.50 bits per heavy atom. The van der Waals surface area contributed by atoms with Gasteiger partial charge >= 0.3 is 0 Å². The molecule has 5 nitrogen and oxygen atoms in total. The van der Waals surface area contributed by atoms with E-state index in [9.17, 15) is 9.90 Å². The number of hydrogen-bond donors (Lipinski definition) is 2. The molecule has 0 spiro atoms. The molecular formula is C12H14BrNO4. The number of amides is 1. The summed E-state index contributed by atoms with van der Waals surface area (Å²) in [5.41, 5.74) is 2.44. The molecule has 0 unspecified atom stereocenters. The third-order valence-corrected chi connectivity index (χ3v) is 3.12. The number of hydroxylamine groups is 1. The molecule has 0 aromatic heterocycles. The summed E-state index contributed by atoms with van der Waals surface area (Å²) in [5, 5.41) is 9.57. The number of benzene rings is 1. The van der Waals surface area contributed by atoms with Crippen molar-refractivity contribution in [2.24, 2.45) is 0 Å². The molecule has 1 fully saturated rings. The predicted molar refractivity (Wildman–Crippen MR) is 67.9 cm³/mol. The van der Waals surface area contributed by atoms with Crippen LogP contribution in [-0.4, -0.2) is 23.9 Å². The van der Waals surface area contributed by atoms with Crippen molar-refractivity contribution in [3.05, 3.63) is 28.2 Å². The number of carbonyl (C=O) groups is 1. The molecule has 1 saturated heterocycles. The van der Waals surface area contributed by atoms with Crippen molar-refractivity contribution in [2.75, 3.05) is 6.61 Å². The summed E-state index contributed by atoms with van der Waals surface area (Å²) in [6, 6.07) is 4.61.